The Labute approximate surface area is 114 Å². The zero-order valence-corrected chi connectivity index (χ0v) is 12.1. The number of nitrogens with two attached hydrogens (primary N) is 1. The predicted molar refractivity (Wildman–Crippen MR) is 71.3 cm³/mol. The van der Waals surface area contributed by atoms with E-state index in [-0.39, 0.29) is 19.3 Å². The van der Waals surface area contributed by atoms with E-state index in [2.05, 4.69) is 10.9 Å². The van der Waals surface area contributed by atoms with Crippen LogP contribution >= 0.6 is 0 Å². The largest absolute Gasteiger partial charge is 0.449 e. The molecule has 0 aliphatic heterocycles. The number of ether oxygens (including phenoxy) is 2. The number of rotatable bonds is 8. The van der Waals surface area contributed by atoms with Crippen molar-refractivity contribution in [1.82, 2.24) is 10.9 Å². The summed E-state index contributed by atoms with van der Waals surface area (Å²) in [5.41, 5.74) is 9.66. The Morgan fingerprint density at radius 2 is 1.84 bits per heavy atom. The third-order valence-corrected chi connectivity index (χ3v) is 2.43. The third kappa shape index (κ3) is 9.12. The summed E-state index contributed by atoms with van der Waals surface area (Å²) in [4.78, 5) is 22.0. The zero-order chi connectivity index (χ0) is 14.9. The second-order valence-corrected chi connectivity index (χ2v) is 5.17. The van der Waals surface area contributed by atoms with Crippen LogP contribution in [-0.2, 0) is 9.47 Å². The molecule has 0 saturated carbocycles. The number of hydrazine groups is 1. The van der Waals surface area contributed by atoms with Crippen LogP contribution in [0.2, 0.25) is 0 Å². The highest BCUT2D eigenvalue weighted by Crippen LogP contribution is 2.24. The first-order valence-corrected chi connectivity index (χ1v) is 6.39. The fraction of sp³-hybridized carbons (Fsp3) is 0.833. The fourth-order valence-electron chi connectivity index (χ4n) is 1.51. The second-order valence-electron chi connectivity index (χ2n) is 5.17. The van der Waals surface area contributed by atoms with Gasteiger partial charge in [0.05, 0.1) is 0 Å². The summed E-state index contributed by atoms with van der Waals surface area (Å²) in [7, 11) is 0. The van der Waals surface area contributed by atoms with Gasteiger partial charge in [-0.05, 0) is 20.3 Å². The lowest BCUT2D eigenvalue weighted by Gasteiger charge is -2.27. The van der Waals surface area contributed by atoms with Gasteiger partial charge < -0.3 is 15.2 Å². The van der Waals surface area contributed by atoms with Crippen molar-refractivity contribution < 1.29 is 19.1 Å². The predicted octanol–water partition coefficient (Wildman–Crippen LogP) is 1.53. The van der Waals surface area contributed by atoms with Gasteiger partial charge in [-0.25, -0.2) is 15.0 Å². The minimum Gasteiger partial charge on any atom is -0.449 e. The standard InChI is InChI=1S/C12H25N3O4/c1-5-6-12(4,7-18-10(13)16)8-19-11(17)15-14-9(2)3/h9,14H,5-8H2,1-4H3,(H2,13,16)(H,15,17). The molecule has 4 N–H and O–H groups in total. The molecule has 0 aromatic heterocycles. The molecule has 112 valence electrons. The van der Waals surface area contributed by atoms with Crippen molar-refractivity contribution in [3.05, 3.63) is 0 Å². The summed E-state index contributed by atoms with van der Waals surface area (Å²) >= 11 is 0. The number of primary amides is 1. The number of carbonyl (C=O) groups is 2. The van der Waals surface area contributed by atoms with Crippen LogP contribution in [0.25, 0.3) is 0 Å². The van der Waals surface area contributed by atoms with Gasteiger partial charge in [0.1, 0.15) is 13.2 Å². The highest BCUT2D eigenvalue weighted by molar-refractivity contribution is 5.66. The van der Waals surface area contributed by atoms with Crippen LogP contribution in [-0.4, -0.2) is 31.4 Å². The SMILES string of the molecule is CCCC(C)(COC(N)=O)COC(=O)NNC(C)C. The Morgan fingerprint density at radius 3 is 2.32 bits per heavy atom. The molecule has 2 amide bonds. The van der Waals surface area contributed by atoms with Crippen LogP contribution in [0.4, 0.5) is 9.59 Å². The van der Waals surface area contributed by atoms with E-state index < -0.39 is 17.6 Å². The van der Waals surface area contributed by atoms with Crippen molar-refractivity contribution in [2.24, 2.45) is 11.1 Å². The maximum Gasteiger partial charge on any atom is 0.421 e. The average Bonchev–Trinajstić information content (AvgIpc) is 2.32. The lowest BCUT2D eigenvalue weighted by molar-refractivity contribution is 0.0324. The van der Waals surface area contributed by atoms with Gasteiger partial charge in [0.2, 0.25) is 0 Å². The number of hydrogen-bond acceptors (Lipinski definition) is 5. The third-order valence-electron chi connectivity index (χ3n) is 2.43. The van der Waals surface area contributed by atoms with E-state index in [0.29, 0.717) is 0 Å². The summed E-state index contributed by atoms with van der Waals surface area (Å²) in [6.07, 6.45) is 0.252. The smallest absolute Gasteiger partial charge is 0.421 e. The van der Waals surface area contributed by atoms with E-state index in [1.165, 1.54) is 0 Å². The van der Waals surface area contributed by atoms with Gasteiger partial charge in [-0.15, -0.1) is 0 Å². The Hall–Kier alpha value is -1.50. The molecule has 0 fully saturated rings. The minimum atomic E-state index is -0.826. The monoisotopic (exact) mass is 275 g/mol. The van der Waals surface area contributed by atoms with E-state index in [9.17, 15) is 9.59 Å². The molecule has 1 atom stereocenters. The van der Waals surface area contributed by atoms with E-state index in [1.54, 1.807) is 0 Å². The van der Waals surface area contributed by atoms with E-state index in [0.717, 1.165) is 12.8 Å². The van der Waals surface area contributed by atoms with Crippen LogP contribution < -0.4 is 16.6 Å². The summed E-state index contributed by atoms with van der Waals surface area (Å²) in [5, 5.41) is 0. The Kier molecular flexibility index (Phi) is 7.90. The van der Waals surface area contributed by atoms with Gasteiger partial charge in [-0.2, -0.15) is 0 Å². The summed E-state index contributed by atoms with van der Waals surface area (Å²) in [6, 6.07) is 0.118. The molecule has 0 saturated heterocycles. The molecule has 1 unspecified atom stereocenters. The van der Waals surface area contributed by atoms with Crippen LogP contribution in [0.15, 0.2) is 0 Å². The van der Waals surface area contributed by atoms with Crippen molar-refractivity contribution in [1.29, 1.82) is 0 Å². The molecular formula is C12H25N3O4. The highest BCUT2D eigenvalue weighted by atomic mass is 16.6. The van der Waals surface area contributed by atoms with E-state index in [1.807, 2.05) is 27.7 Å². The van der Waals surface area contributed by atoms with Crippen LogP contribution in [0.1, 0.15) is 40.5 Å². The minimum absolute atomic E-state index is 0.118. The maximum atomic E-state index is 11.4. The topological polar surface area (TPSA) is 103 Å². The lowest BCUT2D eigenvalue weighted by Crippen LogP contribution is -2.43. The van der Waals surface area contributed by atoms with Gasteiger partial charge in [-0.3, -0.25) is 5.43 Å². The molecule has 0 aromatic rings. The van der Waals surface area contributed by atoms with E-state index in [4.69, 9.17) is 15.2 Å². The number of carbonyl (C=O) groups excluding carboxylic acids is 2. The first kappa shape index (κ1) is 17.5. The van der Waals surface area contributed by atoms with Crippen LogP contribution in [0.3, 0.4) is 0 Å². The molecule has 0 spiro atoms. The molecule has 0 radical (unpaired) electrons. The number of amides is 2. The maximum absolute atomic E-state index is 11.4. The first-order valence-electron chi connectivity index (χ1n) is 6.39. The highest BCUT2D eigenvalue weighted by Gasteiger charge is 2.27. The molecule has 0 bridgehead atoms. The van der Waals surface area contributed by atoms with Crippen LogP contribution in [0, 0.1) is 5.41 Å². The van der Waals surface area contributed by atoms with Crippen molar-refractivity contribution in [2.45, 2.75) is 46.6 Å². The number of hydrogen-bond donors (Lipinski definition) is 3. The van der Waals surface area contributed by atoms with Crippen molar-refractivity contribution in [3.63, 3.8) is 0 Å². The molecular weight excluding hydrogens is 250 g/mol. The van der Waals surface area contributed by atoms with E-state index >= 15 is 0 Å². The Morgan fingerprint density at radius 1 is 1.26 bits per heavy atom. The second kappa shape index (κ2) is 8.58. The molecule has 0 aromatic carbocycles. The first-order chi connectivity index (χ1) is 8.79. The zero-order valence-electron chi connectivity index (χ0n) is 12.1. The summed E-state index contributed by atoms with van der Waals surface area (Å²) in [6.45, 7) is 7.94. The van der Waals surface area contributed by atoms with Crippen molar-refractivity contribution >= 4 is 12.2 Å². The van der Waals surface area contributed by atoms with Gasteiger partial charge in [0, 0.05) is 11.5 Å². The lowest BCUT2D eigenvalue weighted by atomic mass is 9.87. The van der Waals surface area contributed by atoms with Gasteiger partial charge in [0.15, 0.2) is 0 Å². The van der Waals surface area contributed by atoms with Gasteiger partial charge >= 0.3 is 12.2 Å². The number of nitrogens with one attached hydrogen (secondary N) is 2. The molecule has 7 nitrogen and oxygen atoms in total. The average molecular weight is 275 g/mol. The molecule has 0 aliphatic rings. The Balaban J connectivity index is 4.18. The Bertz CT molecular complexity index is 297. The normalized spacial score (nSPS) is 13.7. The van der Waals surface area contributed by atoms with Crippen molar-refractivity contribution in [2.75, 3.05) is 13.2 Å². The van der Waals surface area contributed by atoms with Crippen molar-refractivity contribution in [3.8, 4) is 0 Å². The fourth-order valence-corrected chi connectivity index (χ4v) is 1.51. The summed E-state index contributed by atoms with van der Waals surface area (Å²) < 4.78 is 9.90. The molecule has 0 aliphatic carbocycles. The molecule has 0 heterocycles. The molecule has 0 rings (SSSR count). The molecule has 7 heteroatoms. The van der Waals surface area contributed by atoms with Gasteiger partial charge in [0.25, 0.3) is 0 Å². The van der Waals surface area contributed by atoms with Gasteiger partial charge in [-0.1, -0.05) is 20.3 Å². The molecule has 19 heavy (non-hydrogen) atoms. The summed E-state index contributed by atoms with van der Waals surface area (Å²) in [5.74, 6) is 0. The quantitative estimate of drug-likeness (QED) is 0.583. The van der Waals surface area contributed by atoms with Crippen LogP contribution in [0.5, 0.6) is 0 Å².